The van der Waals surface area contributed by atoms with E-state index in [1.54, 1.807) is 30.3 Å². The standard InChI is InChI=1S/C18H15F2N5O/c1-11(26)22-13-3-2-4-14(10-13)23-17-7-8-21-18(25-17)24-16-6-5-12(19)9-15(16)20/h2-10H,1H3,(H,22,26)(H2,21,23,24,25). The molecule has 1 aromatic heterocycles. The van der Waals surface area contributed by atoms with Crippen LogP contribution in [0.25, 0.3) is 0 Å². The van der Waals surface area contributed by atoms with Crippen LogP contribution in [0.1, 0.15) is 6.92 Å². The Bertz CT molecular complexity index is 948. The van der Waals surface area contributed by atoms with Gasteiger partial charge in [-0.25, -0.2) is 13.8 Å². The van der Waals surface area contributed by atoms with E-state index in [9.17, 15) is 13.6 Å². The summed E-state index contributed by atoms with van der Waals surface area (Å²) in [6.07, 6.45) is 1.50. The van der Waals surface area contributed by atoms with E-state index in [4.69, 9.17) is 0 Å². The van der Waals surface area contributed by atoms with E-state index in [1.807, 2.05) is 0 Å². The minimum Gasteiger partial charge on any atom is -0.340 e. The fourth-order valence-electron chi connectivity index (χ4n) is 2.23. The van der Waals surface area contributed by atoms with E-state index in [0.29, 0.717) is 17.2 Å². The van der Waals surface area contributed by atoms with Crippen molar-refractivity contribution >= 4 is 34.7 Å². The third kappa shape index (κ3) is 4.50. The lowest BCUT2D eigenvalue weighted by atomic mass is 10.2. The van der Waals surface area contributed by atoms with Crippen molar-refractivity contribution in [2.45, 2.75) is 6.92 Å². The number of amides is 1. The molecule has 26 heavy (non-hydrogen) atoms. The molecule has 0 aliphatic carbocycles. The molecule has 0 radical (unpaired) electrons. The zero-order valence-corrected chi connectivity index (χ0v) is 13.8. The Hall–Kier alpha value is -3.55. The van der Waals surface area contributed by atoms with Crippen molar-refractivity contribution in [2.24, 2.45) is 0 Å². The van der Waals surface area contributed by atoms with Crippen molar-refractivity contribution in [3.8, 4) is 0 Å². The fourth-order valence-corrected chi connectivity index (χ4v) is 2.23. The van der Waals surface area contributed by atoms with Gasteiger partial charge in [0.15, 0.2) is 0 Å². The Kier molecular flexibility index (Phi) is 5.02. The molecule has 1 heterocycles. The number of hydrogen-bond acceptors (Lipinski definition) is 5. The van der Waals surface area contributed by atoms with Crippen LogP contribution in [0, 0.1) is 11.6 Å². The van der Waals surface area contributed by atoms with Crippen molar-refractivity contribution in [1.82, 2.24) is 9.97 Å². The smallest absolute Gasteiger partial charge is 0.229 e. The lowest BCUT2D eigenvalue weighted by Crippen LogP contribution is -2.06. The zero-order valence-electron chi connectivity index (χ0n) is 13.8. The number of hydrogen-bond donors (Lipinski definition) is 3. The number of nitrogens with one attached hydrogen (secondary N) is 3. The first-order valence-electron chi connectivity index (χ1n) is 7.69. The van der Waals surface area contributed by atoms with E-state index in [0.717, 1.165) is 12.1 Å². The van der Waals surface area contributed by atoms with Crippen LogP contribution < -0.4 is 16.0 Å². The lowest BCUT2D eigenvalue weighted by molar-refractivity contribution is -0.114. The second-order valence-electron chi connectivity index (χ2n) is 5.40. The third-order valence-corrected chi connectivity index (χ3v) is 3.29. The van der Waals surface area contributed by atoms with E-state index in [1.165, 1.54) is 19.2 Å². The van der Waals surface area contributed by atoms with Gasteiger partial charge >= 0.3 is 0 Å². The topological polar surface area (TPSA) is 78.9 Å². The minimum atomic E-state index is -0.741. The highest BCUT2D eigenvalue weighted by atomic mass is 19.1. The highest BCUT2D eigenvalue weighted by Crippen LogP contribution is 2.22. The molecule has 0 atom stereocenters. The molecule has 0 spiro atoms. The van der Waals surface area contributed by atoms with E-state index in [-0.39, 0.29) is 17.5 Å². The molecule has 0 saturated carbocycles. The van der Waals surface area contributed by atoms with Crippen molar-refractivity contribution in [3.63, 3.8) is 0 Å². The summed E-state index contributed by atoms with van der Waals surface area (Å²) in [5.74, 6) is -0.959. The first kappa shape index (κ1) is 17.3. The number of carbonyl (C=O) groups excluding carboxylic acids is 1. The lowest BCUT2D eigenvalue weighted by Gasteiger charge is -2.10. The highest BCUT2D eigenvalue weighted by molar-refractivity contribution is 5.89. The molecule has 0 aliphatic rings. The summed E-state index contributed by atoms with van der Waals surface area (Å²) in [5.41, 5.74) is 1.41. The predicted octanol–water partition coefficient (Wildman–Crippen LogP) is 4.20. The molecule has 1 amide bonds. The van der Waals surface area contributed by atoms with Gasteiger partial charge in [-0.05, 0) is 36.4 Å². The largest absolute Gasteiger partial charge is 0.340 e. The monoisotopic (exact) mass is 355 g/mol. The van der Waals surface area contributed by atoms with Crippen LogP contribution in [-0.2, 0) is 4.79 Å². The molecule has 0 bridgehead atoms. The van der Waals surface area contributed by atoms with E-state index >= 15 is 0 Å². The number of anilines is 5. The normalized spacial score (nSPS) is 10.3. The quantitative estimate of drug-likeness (QED) is 0.639. The summed E-state index contributed by atoms with van der Waals surface area (Å²) in [6.45, 7) is 1.43. The van der Waals surface area contributed by atoms with Gasteiger partial charge < -0.3 is 16.0 Å². The molecule has 6 nitrogen and oxygen atoms in total. The van der Waals surface area contributed by atoms with Gasteiger partial charge in [-0.2, -0.15) is 4.98 Å². The number of benzene rings is 2. The predicted molar refractivity (Wildman–Crippen MR) is 95.7 cm³/mol. The second kappa shape index (κ2) is 7.56. The summed E-state index contributed by atoms with van der Waals surface area (Å²) in [6, 6.07) is 11.9. The van der Waals surface area contributed by atoms with Crippen molar-refractivity contribution in [1.29, 1.82) is 0 Å². The molecule has 0 unspecified atom stereocenters. The van der Waals surface area contributed by atoms with Crippen LogP contribution in [0.5, 0.6) is 0 Å². The molecule has 0 saturated heterocycles. The Balaban J connectivity index is 1.76. The molecule has 8 heteroatoms. The van der Waals surface area contributed by atoms with Gasteiger partial charge in [0, 0.05) is 30.6 Å². The number of aromatic nitrogens is 2. The van der Waals surface area contributed by atoms with Crippen LogP contribution in [0.15, 0.2) is 54.7 Å². The SMILES string of the molecule is CC(=O)Nc1cccc(Nc2ccnc(Nc3ccc(F)cc3F)n2)c1. The molecule has 3 N–H and O–H groups in total. The second-order valence-corrected chi connectivity index (χ2v) is 5.40. The molecule has 3 aromatic rings. The maximum absolute atomic E-state index is 13.7. The number of nitrogens with zero attached hydrogens (tertiary/aromatic N) is 2. The zero-order chi connectivity index (χ0) is 18.5. The number of halogens is 2. The molecule has 0 fully saturated rings. The van der Waals surface area contributed by atoms with Gasteiger partial charge in [0.1, 0.15) is 17.5 Å². The highest BCUT2D eigenvalue weighted by Gasteiger charge is 2.07. The van der Waals surface area contributed by atoms with Gasteiger partial charge in [-0.1, -0.05) is 6.07 Å². The Labute approximate surface area is 148 Å². The number of rotatable bonds is 5. The summed E-state index contributed by atoms with van der Waals surface area (Å²) in [4.78, 5) is 19.4. The summed E-state index contributed by atoms with van der Waals surface area (Å²) in [7, 11) is 0. The van der Waals surface area contributed by atoms with Gasteiger partial charge in [0.2, 0.25) is 11.9 Å². The summed E-state index contributed by atoms with van der Waals surface area (Å²) in [5, 5.41) is 8.46. The molecule has 132 valence electrons. The van der Waals surface area contributed by atoms with E-state index < -0.39 is 11.6 Å². The maximum Gasteiger partial charge on any atom is 0.229 e. The first-order valence-corrected chi connectivity index (χ1v) is 7.69. The minimum absolute atomic E-state index is 0.0659. The van der Waals surface area contributed by atoms with Gasteiger partial charge in [-0.15, -0.1) is 0 Å². The van der Waals surface area contributed by atoms with E-state index in [2.05, 4.69) is 25.9 Å². The Morgan fingerprint density at radius 1 is 1.00 bits per heavy atom. The summed E-state index contributed by atoms with van der Waals surface area (Å²) >= 11 is 0. The molecular formula is C18H15F2N5O. The third-order valence-electron chi connectivity index (χ3n) is 3.29. The molecule has 2 aromatic carbocycles. The van der Waals surface area contributed by atoms with Crippen LogP contribution in [-0.4, -0.2) is 15.9 Å². The first-order chi connectivity index (χ1) is 12.5. The maximum atomic E-state index is 13.7. The van der Waals surface area contributed by atoms with Gasteiger partial charge in [0.05, 0.1) is 5.69 Å². The Morgan fingerprint density at radius 2 is 1.81 bits per heavy atom. The average Bonchev–Trinajstić information content (AvgIpc) is 2.57. The molecule has 0 aliphatic heterocycles. The van der Waals surface area contributed by atoms with Gasteiger partial charge in [-0.3, -0.25) is 4.79 Å². The van der Waals surface area contributed by atoms with Crippen LogP contribution in [0.3, 0.4) is 0 Å². The summed E-state index contributed by atoms with van der Waals surface area (Å²) < 4.78 is 26.7. The Morgan fingerprint density at radius 3 is 2.58 bits per heavy atom. The average molecular weight is 355 g/mol. The van der Waals surface area contributed by atoms with Crippen molar-refractivity contribution in [2.75, 3.05) is 16.0 Å². The molecular weight excluding hydrogens is 340 g/mol. The van der Waals surface area contributed by atoms with Crippen LogP contribution in [0.4, 0.5) is 37.6 Å². The fraction of sp³-hybridized carbons (Fsp3) is 0.0556. The van der Waals surface area contributed by atoms with Crippen molar-refractivity contribution in [3.05, 3.63) is 66.4 Å². The van der Waals surface area contributed by atoms with Gasteiger partial charge in [0.25, 0.3) is 0 Å². The molecule has 3 rings (SSSR count). The van der Waals surface area contributed by atoms with Crippen LogP contribution in [0.2, 0.25) is 0 Å². The number of carbonyl (C=O) groups is 1. The van der Waals surface area contributed by atoms with Crippen molar-refractivity contribution < 1.29 is 13.6 Å². The van der Waals surface area contributed by atoms with Crippen LogP contribution >= 0.6 is 0 Å².